The minimum Gasteiger partial charge on any atom is -0.490 e. The van der Waals surface area contributed by atoms with Crippen molar-refractivity contribution in [1.29, 1.82) is 0 Å². The summed E-state index contributed by atoms with van der Waals surface area (Å²) >= 11 is 0. The lowest BCUT2D eigenvalue weighted by Crippen LogP contribution is -2.23. The maximum atomic E-state index is 9.49. The third-order valence-corrected chi connectivity index (χ3v) is 3.42. The van der Waals surface area contributed by atoms with Crippen LogP contribution in [0.2, 0.25) is 0 Å². The Hall–Kier alpha value is -1.02. The molecule has 3 unspecified atom stereocenters. The van der Waals surface area contributed by atoms with E-state index in [2.05, 4.69) is 32.0 Å². The zero-order valence-corrected chi connectivity index (χ0v) is 10.2. The fourth-order valence-corrected chi connectivity index (χ4v) is 2.19. The minimum atomic E-state index is -0.256. The lowest BCUT2D eigenvalue weighted by Gasteiger charge is -2.18. The van der Waals surface area contributed by atoms with E-state index in [4.69, 9.17) is 4.74 Å². The molecule has 2 heteroatoms. The molecule has 1 aromatic carbocycles. The van der Waals surface area contributed by atoms with Crippen molar-refractivity contribution in [3.63, 3.8) is 0 Å². The van der Waals surface area contributed by atoms with Gasteiger partial charge >= 0.3 is 0 Å². The van der Waals surface area contributed by atoms with Gasteiger partial charge < -0.3 is 9.84 Å². The molecule has 1 heterocycles. The van der Waals surface area contributed by atoms with Gasteiger partial charge in [-0.15, -0.1) is 0 Å². The average Bonchev–Trinajstić information content (AvgIpc) is 2.58. The summed E-state index contributed by atoms with van der Waals surface area (Å²) in [6, 6.07) is 6.33. The van der Waals surface area contributed by atoms with Crippen LogP contribution in [0.3, 0.4) is 0 Å². The van der Waals surface area contributed by atoms with Crippen molar-refractivity contribution in [1.82, 2.24) is 0 Å². The fourth-order valence-electron chi connectivity index (χ4n) is 2.19. The maximum absolute atomic E-state index is 9.49. The first-order valence-corrected chi connectivity index (χ1v) is 6.00. The van der Waals surface area contributed by atoms with Gasteiger partial charge in [0.1, 0.15) is 11.9 Å². The molecule has 16 heavy (non-hydrogen) atoms. The van der Waals surface area contributed by atoms with Gasteiger partial charge in [-0.25, -0.2) is 0 Å². The van der Waals surface area contributed by atoms with Crippen LogP contribution in [-0.4, -0.2) is 17.3 Å². The highest BCUT2D eigenvalue weighted by atomic mass is 16.5. The number of benzene rings is 1. The Balaban J connectivity index is 2.00. The number of aliphatic hydroxyl groups excluding tert-OH is 1. The molecule has 0 saturated heterocycles. The van der Waals surface area contributed by atoms with Gasteiger partial charge in [-0.05, 0) is 37.8 Å². The smallest absolute Gasteiger partial charge is 0.123 e. The van der Waals surface area contributed by atoms with E-state index < -0.39 is 0 Å². The second kappa shape index (κ2) is 4.46. The lowest BCUT2D eigenvalue weighted by atomic mass is 9.96. The van der Waals surface area contributed by atoms with Crippen molar-refractivity contribution in [3.8, 4) is 5.75 Å². The molecule has 0 amide bonds. The number of aliphatic hydroxyl groups is 1. The van der Waals surface area contributed by atoms with Crippen LogP contribution in [0.15, 0.2) is 18.2 Å². The number of hydrogen-bond donors (Lipinski definition) is 1. The molecule has 1 aliphatic rings. The fraction of sp³-hybridized carbons (Fsp3) is 0.571. The third kappa shape index (κ3) is 2.38. The van der Waals surface area contributed by atoms with Crippen molar-refractivity contribution in [2.75, 3.05) is 0 Å². The normalized spacial score (nSPS) is 22.4. The summed E-state index contributed by atoms with van der Waals surface area (Å²) in [6.07, 6.45) is 1.88. The van der Waals surface area contributed by atoms with Crippen LogP contribution >= 0.6 is 0 Å². The van der Waals surface area contributed by atoms with E-state index >= 15 is 0 Å². The summed E-state index contributed by atoms with van der Waals surface area (Å²) in [7, 11) is 0. The molecule has 0 fully saturated rings. The Morgan fingerprint density at radius 2 is 2.19 bits per heavy atom. The molecule has 1 aliphatic heterocycles. The molecule has 0 aromatic heterocycles. The molecular weight excluding hydrogens is 200 g/mol. The molecule has 3 atom stereocenters. The molecule has 0 spiro atoms. The van der Waals surface area contributed by atoms with E-state index in [1.54, 1.807) is 0 Å². The zero-order chi connectivity index (χ0) is 11.7. The van der Waals surface area contributed by atoms with Gasteiger partial charge in [0, 0.05) is 6.42 Å². The number of fused-ring (bicyclic) bond motifs is 1. The maximum Gasteiger partial charge on any atom is 0.123 e. The van der Waals surface area contributed by atoms with Crippen LogP contribution < -0.4 is 4.74 Å². The number of ether oxygens (including phenoxy) is 1. The van der Waals surface area contributed by atoms with Gasteiger partial charge in [0.05, 0.1) is 6.10 Å². The van der Waals surface area contributed by atoms with Crippen LogP contribution in [0.5, 0.6) is 5.75 Å². The summed E-state index contributed by atoms with van der Waals surface area (Å²) in [4.78, 5) is 0. The summed E-state index contributed by atoms with van der Waals surface area (Å²) < 4.78 is 5.87. The molecule has 0 bridgehead atoms. The van der Waals surface area contributed by atoms with Crippen molar-refractivity contribution in [2.45, 2.75) is 45.8 Å². The van der Waals surface area contributed by atoms with Crippen LogP contribution in [0.4, 0.5) is 0 Å². The van der Waals surface area contributed by atoms with Gasteiger partial charge in [0.15, 0.2) is 0 Å². The van der Waals surface area contributed by atoms with Gasteiger partial charge in [-0.2, -0.15) is 0 Å². The summed E-state index contributed by atoms with van der Waals surface area (Å²) in [5.74, 6) is 1.31. The van der Waals surface area contributed by atoms with Gasteiger partial charge in [0.2, 0.25) is 0 Å². The van der Waals surface area contributed by atoms with Crippen LogP contribution in [0.25, 0.3) is 0 Å². The van der Waals surface area contributed by atoms with Crippen molar-refractivity contribution >= 4 is 0 Å². The second-order valence-electron chi connectivity index (χ2n) is 5.01. The van der Waals surface area contributed by atoms with E-state index in [-0.39, 0.29) is 12.2 Å². The first-order valence-electron chi connectivity index (χ1n) is 6.00. The standard InChI is InChI=1S/C14H20O2/c1-9-4-5-14-12(6-9)8-13(16-14)7-10(2)11(3)15/h4-6,10-11,13,15H,7-8H2,1-3H3. The highest BCUT2D eigenvalue weighted by Gasteiger charge is 2.25. The molecule has 2 rings (SSSR count). The lowest BCUT2D eigenvalue weighted by molar-refractivity contribution is 0.0980. The Morgan fingerprint density at radius 3 is 2.88 bits per heavy atom. The summed E-state index contributed by atoms with van der Waals surface area (Å²) in [5.41, 5.74) is 2.59. The van der Waals surface area contributed by atoms with E-state index in [9.17, 15) is 5.11 Å². The first kappa shape index (κ1) is 11.5. The molecule has 2 nitrogen and oxygen atoms in total. The van der Waals surface area contributed by atoms with E-state index in [0.717, 1.165) is 18.6 Å². The SMILES string of the molecule is Cc1ccc2c(c1)CC(CC(C)C(C)O)O2. The van der Waals surface area contributed by atoms with Crippen molar-refractivity contribution in [2.24, 2.45) is 5.92 Å². The van der Waals surface area contributed by atoms with E-state index in [1.807, 2.05) is 6.92 Å². The Kier molecular flexibility index (Phi) is 3.20. The molecule has 0 aliphatic carbocycles. The monoisotopic (exact) mass is 220 g/mol. The number of hydrogen-bond acceptors (Lipinski definition) is 2. The highest BCUT2D eigenvalue weighted by molar-refractivity contribution is 5.40. The molecule has 1 N–H and O–H groups in total. The Bertz CT molecular complexity index is 371. The molecule has 1 aromatic rings. The predicted molar refractivity (Wildman–Crippen MR) is 64.8 cm³/mol. The topological polar surface area (TPSA) is 29.5 Å². The Labute approximate surface area is 97.3 Å². The van der Waals surface area contributed by atoms with Crippen LogP contribution in [-0.2, 0) is 6.42 Å². The highest BCUT2D eigenvalue weighted by Crippen LogP contribution is 2.32. The van der Waals surface area contributed by atoms with Crippen LogP contribution in [0.1, 0.15) is 31.4 Å². The third-order valence-electron chi connectivity index (χ3n) is 3.42. The van der Waals surface area contributed by atoms with Gasteiger partial charge in [-0.1, -0.05) is 24.6 Å². The van der Waals surface area contributed by atoms with E-state index in [0.29, 0.717) is 5.92 Å². The zero-order valence-electron chi connectivity index (χ0n) is 10.2. The largest absolute Gasteiger partial charge is 0.490 e. The minimum absolute atomic E-state index is 0.237. The van der Waals surface area contributed by atoms with Crippen LogP contribution in [0, 0.1) is 12.8 Å². The predicted octanol–water partition coefficient (Wildman–Crippen LogP) is 2.71. The molecule has 0 radical (unpaired) electrons. The van der Waals surface area contributed by atoms with Crippen molar-refractivity contribution in [3.05, 3.63) is 29.3 Å². The molecule has 88 valence electrons. The van der Waals surface area contributed by atoms with Gasteiger partial charge in [0.25, 0.3) is 0 Å². The quantitative estimate of drug-likeness (QED) is 0.848. The van der Waals surface area contributed by atoms with Crippen molar-refractivity contribution < 1.29 is 9.84 Å². The summed E-state index contributed by atoms with van der Waals surface area (Å²) in [5, 5.41) is 9.49. The van der Waals surface area contributed by atoms with Gasteiger partial charge in [-0.3, -0.25) is 0 Å². The Morgan fingerprint density at radius 1 is 1.44 bits per heavy atom. The second-order valence-corrected chi connectivity index (χ2v) is 5.01. The number of aryl methyl sites for hydroxylation is 1. The number of rotatable bonds is 3. The van der Waals surface area contributed by atoms with E-state index in [1.165, 1.54) is 11.1 Å². The average molecular weight is 220 g/mol. The summed E-state index contributed by atoms with van der Waals surface area (Å²) in [6.45, 7) is 6.02. The molecular formula is C14H20O2. The molecule has 0 saturated carbocycles. The first-order chi connectivity index (χ1) is 7.56.